The quantitative estimate of drug-likeness (QED) is 0.215. The number of ether oxygens (including phenoxy) is 1. The van der Waals surface area contributed by atoms with Gasteiger partial charge in [0.25, 0.3) is 5.91 Å². The fourth-order valence-electron chi connectivity index (χ4n) is 3.54. The molecular formula is C22H26N4O2S2. The highest BCUT2D eigenvalue weighted by Gasteiger charge is 2.21. The first-order valence-corrected chi connectivity index (χ1v) is 12.4. The van der Waals surface area contributed by atoms with Crippen molar-refractivity contribution in [3.05, 3.63) is 40.3 Å². The van der Waals surface area contributed by atoms with Gasteiger partial charge in [0.15, 0.2) is 11.0 Å². The molecule has 0 atom stereocenters. The predicted molar refractivity (Wildman–Crippen MR) is 124 cm³/mol. The number of rotatable bonds is 8. The van der Waals surface area contributed by atoms with Crippen molar-refractivity contribution in [1.29, 1.82) is 0 Å². The van der Waals surface area contributed by atoms with E-state index in [9.17, 15) is 4.79 Å². The highest BCUT2D eigenvalue weighted by molar-refractivity contribution is 7.98. The van der Waals surface area contributed by atoms with Crippen molar-refractivity contribution in [2.45, 2.75) is 50.6 Å². The number of hydrogen-bond acceptors (Lipinski definition) is 7. The standard InChI is InChI=1S/C22H26N4O2S2/c1-3-4-13-28-15-11-9-14(10-12-15)20(27)26-25-19-18-16-7-5-6-8-17(16)30-21(18)24-22(23-19)29-2/h9-12H,3-8,13H2,1-2H3,(H,26,27)(H,23,24,25). The van der Waals surface area contributed by atoms with Crippen molar-refractivity contribution >= 4 is 45.0 Å². The molecule has 0 radical (unpaired) electrons. The number of hydrazine groups is 1. The van der Waals surface area contributed by atoms with Crippen LogP contribution in [0.15, 0.2) is 29.4 Å². The van der Waals surface area contributed by atoms with E-state index in [0.717, 1.165) is 41.6 Å². The maximum Gasteiger partial charge on any atom is 0.269 e. The molecule has 0 aliphatic heterocycles. The van der Waals surface area contributed by atoms with Crippen LogP contribution in [-0.4, -0.2) is 28.7 Å². The van der Waals surface area contributed by atoms with Crippen molar-refractivity contribution in [2.24, 2.45) is 0 Å². The molecule has 0 saturated heterocycles. The summed E-state index contributed by atoms with van der Waals surface area (Å²) in [7, 11) is 0. The number of benzene rings is 1. The Labute approximate surface area is 184 Å². The Bertz CT molecular complexity index is 1030. The van der Waals surface area contributed by atoms with Gasteiger partial charge in [-0.2, -0.15) is 0 Å². The van der Waals surface area contributed by atoms with Gasteiger partial charge in [-0.3, -0.25) is 15.6 Å². The van der Waals surface area contributed by atoms with Gasteiger partial charge in [-0.15, -0.1) is 11.3 Å². The SMILES string of the molecule is CCCCOc1ccc(C(=O)NNc2nc(SC)nc3sc4c(c23)CCCC4)cc1. The number of carbonyl (C=O) groups excluding carboxylic acids is 1. The highest BCUT2D eigenvalue weighted by Crippen LogP contribution is 2.39. The maximum absolute atomic E-state index is 12.6. The molecule has 2 aromatic heterocycles. The first-order chi connectivity index (χ1) is 14.7. The van der Waals surface area contributed by atoms with Gasteiger partial charge in [-0.25, -0.2) is 9.97 Å². The molecule has 158 valence electrons. The Morgan fingerprint density at radius 2 is 2.00 bits per heavy atom. The van der Waals surface area contributed by atoms with Crippen molar-refractivity contribution in [2.75, 3.05) is 18.3 Å². The summed E-state index contributed by atoms with van der Waals surface area (Å²) in [6, 6.07) is 7.20. The van der Waals surface area contributed by atoms with Gasteiger partial charge in [0, 0.05) is 10.4 Å². The van der Waals surface area contributed by atoms with E-state index in [1.165, 1.54) is 35.0 Å². The minimum Gasteiger partial charge on any atom is -0.494 e. The molecule has 1 aliphatic carbocycles. The number of carbonyl (C=O) groups is 1. The Hall–Kier alpha value is -2.32. The average molecular weight is 443 g/mol. The Morgan fingerprint density at radius 1 is 1.20 bits per heavy atom. The number of anilines is 1. The number of amides is 1. The summed E-state index contributed by atoms with van der Waals surface area (Å²) < 4.78 is 5.66. The van der Waals surface area contributed by atoms with Crippen LogP contribution < -0.4 is 15.6 Å². The van der Waals surface area contributed by atoms with E-state index < -0.39 is 0 Å². The Morgan fingerprint density at radius 3 is 2.77 bits per heavy atom. The van der Waals surface area contributed by atoms with Gasteiger partial charge in [-0.1, -0.05) is 25.1 Å². The zero-order chi connectivity index (χ0) is 20.9. The van der Waals surface area contributed by atoms with Crippen LogP contribution in [0, 0.1) is 0 Å². The maximum atomic E-state index is 12.6. The number of nitrogens with zero attached hydrogens (tertiary/aromatic N) is 2. The number of thiophene rings is 1. The molecule has 0 unspecified atom stereocenters. The third-order valence-corrected chi connectivity index (χ3v) is 6.89. The molecule has 0 fully saturated rings. The van der Waals surface area contributed by atoms with Gasteiger partial charge >= 0.3 is 0 Å². The topological polar surface area (TPSA) is 76.1 Å². The molecule has 0 saturated carbocycles. The summed E-state index contributed by atoms with van der Waals surface area (Å²) in [5, 5.41) is 1.75. The minimum absolute atomic E-state index is 0.211. The number of aryl methyl sites for hydroxylation is 2. The summed E-state index contributed by atoms with van der Waals surface area (Å²) in [5.41, 5.74) is 7.76. The lowest BCUT2D eigenvalue weighted by molar-refractivity contribution is 0.0962. The number of fused-ring (bicyclic) bond motifs is 3. The zero-order valence-corrected chi connectivity index (χ0v) is 18.9. The smallest absolute Gasteiger partial charge is 0.269 e. The molecule has 6 nitrogen and oxygen atoms in total. The molecule has 1 aromatic carbocycles. The molecule has 3 aromatic rings. The lowest BCUT2D eigenvalue weighted by Gasteiger charge is -2.14. The first kappa shape index (κ1) is 20.9. The third kappa shape index (κ3) is 4.54. The molecule has 30 heavy (non-hydrogen) atoms. The summed E-state index contributed by atoms with van der Waals surface area (Å²) in [4.78, 5) is 24.4. The van der Waals surface area contributed by atoms with Crippen LogP contribution in [0.2, 0.25) is 0 Å². The average Bonchev–Trinajstić information content (AvgIpc) is 3.16. The van der Waals surface area contributed by atoms with Crippen LogP contribution in [0.1, 0.15) is 53.4 Å². The molecule has 2 N–H and O–H groups in total. The van der Waals surface area contributed by atoms with Crippen LogP contribution in [-0.2, 0) is 12.8 Å². The zero-order valence-electron chi connectivity index (χ0n) is 17.3. The second-order valence-corrected chi connectivity index (χ2v) is 9.11. The van der Waals surface area contributed by atoms with E-state index in [1.54, 1.807) is 23.5 Å². The van der Waals surface area contributed by atoms with Crippen molar-refractivity contribution < 1.29 is 9.53 Å². The van der Waals surface area contributed by atoms with Gasteiger partial charge in [0.2, 0.25) is 0 Å². The Kier molecular flexibility index (Phi) is 6.74. The molecule has 2 heterocycles. The fraction of sp³-hybridized carbons (Fsp3) is 0.409. The second kappa shape index (κ2) is 9.66. The normalized spacial score (nSPS) is 13.1. The van der Waals surface area contributed by atoms with Crippen LogP contribution >= 0.6 is 23.1 Å². The van der Waals surface area contributed by atoms with E-state index in [0.29, 0.717) is 23.1 Å². The van der Waals surface area contributed by atoms with E-state index >= 15 is 0 Å². The van der Waals surface area contributed by atoms with Gasteiger partial charge in [-0.05, 0) is 68.2 Å². The van der Waals surface area contributed by atoms with Crippen molar-refractivity contribution in [1.82, 2.24) is 15.4 Å². The molecule has 0 spiro atoms. The number of hydrogen-bond donors (Lipinski definition) is 2. The molecule has 8 heteroatoms. The van der Waals surface area contributed by atoms with Gasteiger partial charge in [0.1, 0.15) is 10.6 Å². The van der Waals surface area contributed by atoms with E-state index in [4.69, 9.17) is 4.74 Å². The summed E-state index contributed by atoms with van der Waals surface area (Å²) >= 11 is 3.25. The van der Waals surface area contributed by atoms with Gasteiger partial charge in [0.05, 0.1) is 12.0 Å². The van der Waals surface area contributed by atoms with Gasteiger partial charge < -0.3 is 4.74 Å². The molecule has 1 amide bonds. The molecular weight excluding hydrogens is 416 g/mol. The van der Waals surface area contributed by atoms with E-state index in [-0.39, 0.29) is 5.91 Å². The lowest BCUT2D eigenvalue weighted by Crippen LogP contribution is -2.30. The Balaban J connectivity index is 1.50. The second-order valence-electron chi connectivity index (χ2n) is 7.26. The van der Waals surface area contributed by atoms with Crippen LogP contribution in [0.5, 0.6) is 5.75 Å². The van der Waals surface area contributed by atoms with Crippen LogP contribution in [0.4, 0.5) is 5.82 Å². The summed E-state index contributed by atoms with van der Waals surface area (Å²) in [6.45, 7) is 2.82. The fourth-order valence-corrected chi connectivity index (χ4v) is 5.23. The molecule has 1 aliphatic rings. The highest BCUT2D eigenvalue weighted by atomic mass is 32.2. The number of unbranched alkanes of at least 4 members (excludes halogenated alkanes) is 1. The van der Waals surface area contributed by atoms with E-state index in [1.807, 2.05) is 18.4 Å². The van der Waals surface area contributed by atoms with Crippen molar-refractivity contribution in [3.63, 3.8) is 0 Å². The van der Waals surface area contributed by atoms with Crippen LogP contribution in [0.3, 0.4) is 0 Å². The lowest BCUT2D eigenvalue weighted by atomic mass is 9.97. The van der Waals surface area contributed by atoms with E-state index in [2.05, 4.69) is 27.7 Å². The number of nitrogens with one attached hydrogen (secondary N) is 2. The van der Waals surface area contributed by atoms with Crippen molar-refractivity contribution in [3.8, 4) is 5.75 Å². The summed E-state index contributed by atoms with van der Waals surface area (Å²) in [5.74, 6) is 1.24. The monoisotopic (exact) mass is 442 g/mol. The predicted octanol–water partition coefficient (Wildman–Crippen LogP) is 5.23. The summed E-state index contributed by atoms with van der Waals surface area (Å²) in [6.07, 6.45) is 8.61. The first-order valence-electron chi connectivity index (χ1n) is 10.3. The largest absolute Gasteiger partial charge is 0.494 e. The molecule has 4 rings (SSSR count). The third-order valence-electron chi connectivity index (χ3n) is 5.15. The number of thioether (sulfide) groups is 1. The molecule has 0 bridgehead atoms. The van der Waals surface area contributed by atoms with Crippen LogP contribution in [0.25, 0.3) is 10.2 Å². The number of aromatic nitrogens is 2. The minimum atomic E-state index is -0.211.